The molecule has 0 spiro atoms. The maximum Gasteiger partial charge on any atom is 0.245 e. The van der Waals surface area contributed by atoms with Crippen LogP contribution in [0.4, 0.5) is 5.69 Å². The second-order valence-electron chi connectivity index (χ2n) is 5.34. The van der Waals surface area contributed by atoms with Gasteiger partial charge in [-0.2, -0.15) is 4.31 Å². The number of ether oxygens (including phenoxy) is 1. The van der Waals surface area contributed by atoms with E-state index in [4.69, 9.17) is 10.5 Å². The number of nitrogens with zero attached hydrogens (tertiary/aromatic N) is 1. The molecule has 0 aromatic heterocycles. The lowest BCUT2D eigenvalue weighted by atomic mass is 10.2. The molecule has 2 fully saturated rings. The largest absolute Gasteiger partial charge is 0.399 e. The van der Waals surface area contributed by atoms with Gasteiger partial charge >= 0.3 is 0 Å². The van der Waals surface area contributed by atoms with Crippen molar-refractivity contribution in [1.29, 1.82) is 0 Å². The Labute approximate surface area is 141 Å². The Morgan fingerprint density at radius 3 is 2.57 bits per heavy atom. The van der Waals surface area contributed by atoms with Crippen LogP contribution in [0.15, 0.2) is 26.0 Å². The van der Waals surface area contributed by atoms with Crippen LogP contribution in [0.1, 0.15) is 19.3 Å². The van der Waals surface area contributed by atoms with Crippen LogP contribution in [0.3, 0.4) is 0 Å². The molecular weight excluding hydrogens is 424 g/mol. The monoisotopic (exact) mass is 438 g/mol. The predicted octanol–water partition coefficient (Wildman–Crippen LogP) is 2.74. The zero-order valence-corrected chi connectivity index (χ0v) is 15.2. The summed E-state index contributed by atoms with van der Waals surface area (Å²) in [4.78, 5) is 0.240. The Bertz CT molecular complexity index is 642. The van der Waals surface area contributed by atoms with Crippen molar-refractivity contribution >= 4 is 47.6 Å². The van der Waals surface area contributed by atoms with Gasteiger partial charge in [0.2, 0.25) is 10.0 Å². The number of sulfonamides is 1. The summed E-state index contributed by atoms with van der Waals surface area (Å²) in [6.07, 6.45) is 2.82. The highest BCUT2D eigenvalue weighted by molar-refractivity contribution is 9.11. The molecule has 0 amide bonds. The van der Waals surface area contributed by atoms with Gasteiger partial charge in [-0.05, 0) is 63.3 Å². The number of nitrogen functional groups attached to an aromatic ring is 1. The van der Waals surface area contributed by atoms with Crippen LogP contribution >= 0.6 is 31.9 Å². The Hall–Kier alpha value is -0.150. The van der Waals surface area contributed by atoms with E-state index in [2.05, 4.69) is 31.9 Å². The molecule has 8 heteroatoms. The van der Waals surface area contributed by atoms with Gasteiger partial charge < -0.3 is 10.5 Å². The predicted molar refractivity (Wildman–Crippen MR) is 87.5 cm³/mol. The molecule has 3 rings (SSSR count). The van der Waals surface area contributed by atoms with Crippen molar-refractivity contribution in [3.8, 4) is 0 Å². The molecule has 0 bridgehead atoms. The molecule has 1 aliphatic carbocycles. The zero-order chi connectivity index (χ0) is 15.2. The first kappa shape index (κ1) is 15.7. The second-order valence-corrected chi connectivity index (χ2v) is 8.87. The molecule has 21 heavy (non-hydrogen) atoms. The number of fused-ring (bicyclic) bond motifs is 1. The van der Waals surface area contributed by atoms with Gasteiger partial charge in [0.15, 0.2) is 0 Å². The van der Waals surface area contributed by atoms with E-state index in [1.165, 1.54) is 0 Å². The number of hydrogen-bond acceptors (Lipinski definition) is 4. The van der Waals surface area contributed by atoms with Crippen molar-refractivity contribution in [2.24, 2.45) is 0 Å². The van der Waals surface area contributed by atoms with Crippen molar-refractivity contribution in [3.63, 3.8) is 0 Å². The van der Waals surface area contributed by atoms with E-state index in [1.807, 2.05) is 0 Å². The number of halogens is 2. The van der Waals surface area contributed by atoms with Crippen molar-refractivity contribution in [2.75, 3.05) is 18.9 Å². The van der Waals surface area contributed by atoms with Crippen LogP contribution in [-0.2, 0) is 14.8 Å². The Morgan fingerprint density at radius 1 is 1.24 bits per heavy atom. The van der Waals surface area contributed by atoms with E-state index in [0.29, 0.717) is 27.8 Å². The molecule has 2 N–H and O–H groups in total. The first-order chi connectivity index (χ1) is 9.91. The van der Waals surface area contributed by atoms with Gasteiger partial charge in [0.25, 0.3) is 0 Å². The average Bonchev–Trinajstić information content (AvgIpc) is 2.84. The number of nitrogens with two attached hydrogens (primary N) is 1. The third-order valence-electron chi connectivity index (χ3n) is 4.02. The standard InChI is InChI=1S/C13H16Br2N2O3S/c14-9-6-8(16)7-10(15)13(9)21(18,19)17-4-5-20-12-3-1-2-11(12)17/h6-7,11-12H,1-5,16H2. The molecule has 116 valence electrons. The Morgan fingerprint density at radius 2 is 1.90 bits per heavy atom. The quantitative estimate of drug-likeness (QED) is 0.719. The SMILES string of the molecule is Nc1cc(Br)c(S(=O)(=O)N2CCOC3CCCC32)c(Br)c1. The Kier molecular flexibility index (Phi) is 4.35. The fourth-order valence-corrected chi connectivity index (χ4v) is 7.34. The van der Waals surface area contributed by atoms with Crippen molar-refractivity contribution in [3.05, 3.63) is 21.1 Å². The number of rotatable bonds is 2. The molecule has 5 nitrogen and oxygen atoms in total. The number of anilines is 1. The lowest BCUT2D eigenvalue weighted by Crippen LogP contribution is -2.51. The average molecular weight is 440 g/mol. The normalized spacial score (nSPS) is 26.8. The van der Waals surface area contributed by atoms with Crippen LogP contribution in [-0.4, -0.2) is 38.0 Å². The molecule has 1 aliphatic heterocycles. The highest BCUT2D eigenvalue weighted by Gasteiger charge is 2.43. The van der Waals surface area contributed by atoms with Gasteiger partial charge in [-0.1, -0.05) is 0 Å². The van der Waals surface area contributed by atoms with Crippen molar-refractivity contribution < 1.29 is 13.2 Å². The van der Waals surface area contributed by atoms with Gasteiger partial charge in [-0.15, -0.1) is 0 Å². The first-order valence-corrected chi connectivity index (χ1v) is 9.82. The molecule has 2 atom stereocenters. The number of benzene rings is 1. The van der Waals surface area contributed by atoms with Crippen LogP contribution in [0, 0.1) is 0 Å². The summed E-state index contributed by atoms with van der Waals surface area (Å²) in [5.74, 6) is 0. The van der Waals surface area contributed by atoms with E-state index >= 15 is 0 Å². The van der Waals surface area contributed by atoms with Gasteiger partial charge in [0.1, 0.15) is 4.90 Å². The third kappa shape index (κ3) is 2.76. The van der Waals surface area contributed by atoms with Gasteiger partial charge in [-0.25, -0.2) is 8.42 Å². The molecule has 0 radical (unpaired) electrons. The third-order valence-corrected chi connectivity index (χ3v) is 7.82. The van der Waals surface area contributed by atoms with Gasteiger partial charge in [0.05, 0.1) is 18.8 Å². The molecule has 1 aromatic carbocycles. The van der Waals surface area contributed by atoms with Crippen molar-refractivity contribution in [1.82, 2.24) is 4.31 Å². The van der Waals surface area contributed by atoms with E-state index in [9.17, 15) is 8.42 Å². The molecular formula is C13H16Br2N2O3S. The maximum absolute atomic E-state index is 13.1. The molecule has 1 saturated heterocycles. The topological polar surface area (TPSA) is 72.6 Å². The van der Waals surface area contributed by atoms with E-state index < -0.39 is 10.0 Å². The van der Waals surface area contributed by atoms with Gasteiger partial charge in [0, 0.05) is 21.2 Å². The first-order valence-electron chi connectivity index (χ1n) is 6.79. The lowest BCUT2D eigenvalue weighted by Gasteiger charge is -2.36. The van der Waals surface area contributed by atoms with Crippen LogP contribution in [0.2, 0.25) is 0 Å². The summed E-state index contributed by atoms with van der Waals surface area (Å²) >= 11 is 6.65. The van der Waals surface area contributed by atoms with Crippen LogP contribution in [0.5, 0.6) is 0 Å². The molecule has 1 heterocycles. The van der Waals surface area contributed by atoms with Gasteiger partial charge in [-0.3, -0.25) is 0 Å². The fraction of sp³-hybridized carbons (Fsp3) is 0.538. The molecule has 2 aliphatic rings. The zero-order valence-electron chi connectivity index (χ0n) is 11.3. The number of morpholine rings is 1. The summed E-state index contributed by atoms with van der Waals surface area (Å²) in [6, 6.07) is 3.18. The highest BCUT2D eigenvalue weighted by Crippen LogP contribution is 2.38. The molecule has 1 aromatic rings. The summed E-state index contributed by atoms with van der Waals surface area (Å²) in [6.45, 7) is 0.845. The lowest BCUT2D eigenvalue weighted by molar-refractivity contribution is -0.0242. The smallest absolute Gasteiger partial charge is 0.245 e. The van der Waals surface area contributed by atoms with E-state index in [-0.39, 0.29) is 17.0 Å². The minimum atomic E-state index is -3.59. The highest BCUT2D eigenvalue weighted by atomic mass is 79.9. The second kappa shape index (κ2) is 5.81. The minimum Gasteiger partial charge on any atom is -0.399 e. The summed E-state index contributed by atoms with van der Waals surface area (Å²) in [5.41, 5.74) is 6.25. The minimum absolute atomic E-state index is 0.0276. The van der Waals surface area contributed by atoms with E-state index in [0.717, 1.165) is 19.3 Å². The van der Waals surface area contributed by atoms with Crippen LogP contribution in [0.25, 0.3) is 0 Å². The summed E-state index contributed by atoms with van der Waals surface area (Å²) < 4.78 is 34.4. The maximum atomic E-state index is 13.1. The van der Waals surface area contributed by atoms with E-state index in [1.54, 1.807) is 16.4 Å². The summed E-state index contributed by atoms with van der Waals surface area (Å²) in [5, 5.41) is 0. The van der Waals surface area contributed by atoms with Crippen molar-refractivity contribution in [2.45, 2.75) is 36.3 Å². The Balaban J connectivity index is 2.04. The van der Waals surface area contributed by atoms with Crippen LogP contribution < -0.4 is 5.73 Å². The summed E-state index contributed by atoms with van der Waals surface area (Å²) in [7, 11) is -3.59. The molecule has 1 saturated carbocycles. The molecule has 2 unspecified atom stereocenters. The number of hydrogen-bond donors (Lipinski definition) is 1. The fourth-order valence-electron chi connectivity index (χ4n) is 3.13.